The van der Waals surface area contributed by atoms with E-state index in [-0.39, 0.29) is 23.4 Å². The molecule has 0 spiro atoms. The molecule has 1 atom stereocenters. The van der Waals surface area contributed by atoms with Crippen LogP contribution in [0, 0.1) is 0 Å². The fraction of sp³-hybridized carbons (Fsp3) is 0.417. The van der Waals surface area contributed by atoms with Crippen molar-refractivity contribution in [2.45, 2.75) is 31.6 Å². The molecule has 2 aromatic carbocycles. The van der Waals surface area contributed by atoms with E-state index in [1.807, 2.05) is 23.1 Å². The summed E-state index contributed by atoms with van der Waals surface area (Å²) in [6.07, 6.45) is -2.62. The number of likely N-dealkylation sites (tertiary alicyclic amines) is 1. The molecule has 0 bridgehead atoms. The number of carbonyl (C=O) groups excluding carboxylic acids is 2. The summed E-state index contributed by atoms with van der Waals surface area (Å²) in [5, 5.41) is 0. The van der Waals surface area contributed by atoms with Crippen LogP contribution in [0.2, 0.25) is 0 Å². The van der Waals surface area contributed by atoms with Crippen LogP contribution in [0.15, 0.2) is 54.6 Å². The molecule has 32 heavy (non-hydrogen) atoms. The highest BCUT2D eigenvalue weighted by Crippen LogP contribution is 2.29. The van der Waals surface area contributed by atoms with Crippen molar-refractivity contribution in [2.75, 3.05) is 32.7 Å². The first kappa shape index (κ1) is 22.3. The normalized spacial score (nSPS) is 19.9. The summed E-state index contributed by atoms with van der Waals surface area (Å²) in [4.78, 5) is 31.5. The second-order valence-electron chi connectivity index (χ2n) is 8.31. The van der Waals surface area contributed by atoms with Crippen molar-refractivity contribution in [2.24, 2.45) is 0 Å². The zero-order valence-electron chi connectivity index (χ0n) is 17.7. The Morgan fingerprint density at radius 1 is 0.844 bits per heavy atom. The Morgan fingerprint density at radius 2 is 1.47 bits per heavy atom. The SMILES string of the molecule is O=C(c1ccc(C(F)(F)F)cc1)N1CCN(C(=O)C2CCCN2Cc2ccccc2)CC1. The van der Waals surface area contributed by atoms with Crippen molar-refractivity contribution >= 4 is 11.8 Å². The molecule has 1 unspecified atom stereocenters. The van der Waals surface area contributed by atoms with Gasteiger partial charge in [0.1, 0.15) is 0 Å². The van der Waals surface area contributed by atoms with Gasteiger partial charge in [0, 0.05) is 38.3 Å². The van der Waals surface area contributed by atoms with E-state index in [1.54, 1.807) is 4.90 Å². The fourth-order valence-electron chi connectivity index (χ4n) is 4.44. The van der Waals surface area contributed by atoms with Crippen LogP contribution in [0.5, 0.6) is 0 Å². The maximum Gasteiger partial charge on any atom is 0.416 e. The third-order valence-corrected chi connectivity index (χ3v) is 6.21. The van der Waals surface area contributed by atoms with Gasteiger partial charge in [-0.2, -0.15) is 13.2 Å². The maximum atomic E-state index is 13.2. The number of amides is 2. The van der Waals surface area contributed by atoms with Crippen molar-refractivity contribution in [3.8, 4) is 0 Å². The molecule has 0 radical (unpaired) electrons. The Labute approximate surface area is 185 Å². The highest BCUT2D eigenvalue weighted by atomic mass is 19.4. The Bertz CT molecular complexity index is 939. The van der Waals surface area contributed by atoms with Gasteiger partial charge in [-0.15, -0.1) is 0 Å². The zero-order chi connectivity index (χ0) is 22.7. The Kier molecular flexibility index (Phi) is 6.50. The van der Waals surface area contributed by atoms with Gasteiger partial charge < -0.3 is 9.80 Å². The van der Waals surface area contributed by atoms with Crippen LogP contribution in [0.25, 0.3) is 0 Å². The Balaban J connectivity index is 1.33. The molecule has 170 valence electrons. The third-order valence-electron chi connectivity index (χ3n) is 6.21. The maximum absolute atomic E-state index is 13.2. The lowest BCUT2D eigenvalue weighted by atomic mass is 10.1. The van der Waals surface area contributed by atoms with Gasteiger partial charge in [0.25, 0.3) is 5.91 Å². The van der Waals surface area contributed by atoms with E-state index in [1.165, 1.54) is 17.7 Å². The number of carbonyl (C=O) groups is 2. The molecule has 4 rings (SSSR count). The lowest BCUT2D eigenvalue weighted by Gasteiger charge is -2.37. The highest BCUT2D eigenvalue weighted by molar-refractivity contribution is 5.94. The first-order valence-electron chi connectivity index (χ1n) is 10.9. The van der Waals surface area contributed by atoms with Crippen molar-refractivity contribution in [1.82, 2.24) is 14.7 Å². The van der Waals surface area contributed by atoms with E-state index in [0.29, 0.717) is 26.2 Å². The van der Waals surface area contributed by atoms with Crippen molar-refractivity contribution in [1.29, 1.82) is 0 Å². The number of rotatable bonds is 4. The second-order valence-corrected chi connectivity index (χ2v) is 8.31. The molecule has 2 aromatic rings. The molecular formula is C24H26F3N3O2. The molecule has 2 aliphatic rings. The summed E-state index contributed by atoms with van der Waals surface area (Å²) >= 11 is 0. The monoisotopic (exact) mass is 445 g/mol. The molecule has 8 heteroatoms. The van der Waals surface area contributed by atoms with Gasteiger partial charge in [-0.1, -0.05) is 30.3 Å². The van der Waals surface area contributed by atoms with Crippen LogP contribution >= 0.6 is 0 Å². The summed E-state index contributed by atoms with van der Waals surface area (Å²) in [6, 6.07) is 14.2. The smallest absolute Gasteiger partial charge is 0.338 e. The summed E-state index contributed by atoms with van der Waals surface area (Å²) in [5.74, 6) is -0.211. The predicted octanol–water partition coefficient (Wildman–Crippen LogP) is 3.65. The van der Waals surface area contributed by atoms with Gasteiger partial charge in [0.15, 0.2) is 0 Å². The largest absolute Gasteiger partial charge is 0.416 e. The first-order chi connectivity index (χ1) is 15.3. The van der Waals surface area contributed by atoms with Gasteiger partial charge in [0.2, 0.25) is 5.91 Å². The topological polar surface area (TPSA) is 43.9 Å². The number of halogens is 3. The third kappa shape index (κ3) is 4.96. The van der Waals surface area contributed by atoms with Gasteiger partial charge >= 0.3 is 6.18 Å². The number of alkyl halides is 3. The van der Waals surface area contributed by atoms with Gasteiger partial charge in [-0.3, -0.25) is 14.5 Å². The van der Waals surface area contributed by atoms with Crippen molar-refractivity contribution < 1.29 is 22.8 Å². The fourth-order valence-corrected chi connectivity index (χ4v) is 4.44. The Hall–Kier alpha value is -2.87. The number of piperazine rings is 1. The second kappa shape index (κ2) is 9.32. The molecule has 2 saturated heterocycles. The minimum atomic E-state index is -4.43. The molecule has 0 saturated carbocycles. The molecule has 2 fully saturated rings. The lowest BCUT2D eigenvalue weighted by molar-refractivity contribution is -0.138. The molecule has 2 heterocycles. The van der Waals surface area contributed by atoms with E-state index in [0.717, 1.165) is 38.1 Å². The summed E-state index contributed by atoms with van der Waals surface area (Å²) in [6.45, 7) is 3.23. The molecule has 0 aromatic heterocycles. The standard InChI is InChI=1S/C24H26F3N3O2/c25-24(26,27)20-10-8-19(9-11-20)22(31)28-13-15-29(16-14-28)23(32)21-7-4-12-30(21)17-18-5-2-1-3-6-18/h1-3,5-6,8-11,21H,4,7,12-17H2. The molecule has 2 amide bonds. The van der Waals surface area contributed by atoms with Crippen LogP contribution in [-0.2, 0) is 17.5 Å². The first-order valence-corrected chi connectivity index (χ1v) is 10.9. The van der Waals surface area contributed by atoms with Crippen LogP contribution < -0.4 is 0 Å². The van der Waals surface area contributed by atoms with E-state index in [9.17, 15) is 22.8 Å². The van der Waals surface area contributed by atoms with Crippen LogP contribution in [0.1, 0.15) is 34.3 Å². The molecular weight excluding hydrogens is 419 g/mol. The average Bonchev–Trinajstić information content (AvgIpc) is 3.26. The summed E-state index contributed by atoms with van der Waals surface area (Å²) < 4.78 is 38.2. The van der Waals surface area contributed by atoms with Gasteiger partial charge in [-0.05, 0) is 49.2 Å². The predicted molar refractivity (Wildman–Crippen MR) is 114 cm³/mol. The highest BCUT2D eigenvalue weighted by Gasteiger charge is 2.35. The molecule has 2 aliphatic heterocycles. The van der Waals surface area contributed by atoms with E-state index < -0.39 is 11.7 Å². The van der Waals surface area contributed by atoms with Gasteiger partial charge in [0.05, 0.1) is 11.6 Å². The number of nitrogens with zero attached hydrogens (tertiary/aromatic N) is 3. The number of hydrogen-bond donors (Lipinski definition) is 0. The minimum Gasteiger partial charge on any atom is -0.338 e. The zero-order valence-corrected chi connectivity index (χ0v) is 17.7. The van der Waals surface area contributed by atoms with Crippen molar-refractivity contribution in [3.05, 3.63) is 71.3 Å². The van der Waals surface area contributed by atoms with Crippen LogP contribution in [0.3, 0.4) is 0 Å². The van der Waals surface area contributed by atoms with E-state index >= 15 is 0 Å². The molecule has 0 N–H and O–H groups in total. The summed E-state index contributed by atoms with van der Waals surface area (Å²) in [7, 11) is 0. The summed E-state index contributed by atoms with van der Waals surface area (Å²) in [5.41, 5.74) is 0.628. The van der Waals surface area contributed by atoms with Crippen LogP contribution in [-0.4, -0.2) is 65.3 Å². The number of benzene rings is 2. The van der Waals surface area contributed by atoms with Gasteiger partial charge in [-0.25, -0.2) is 0 Å². The van der Waals surface area contributed by atoms with E-state index in [4.69, 9.17) is 0 Å². The quantitative estimate of drug-likeness (QED) is 0.722. The average molecular weight is 445 g/mol. The van der Waals surface area contributed by atoms with Crippen molar-refractivity contribution in [3.63, 3.8) is 0 Å². The van der Waals surface area contributed by atoms with E-state index in [2.05, 4.69) is 17.0 Å². The lowest BCUT2D eigenvalue weighted by Crippen LogP contribution is -2.54. The molecule has 5 nitrogen and oxygen atoms in total. The number of hydrogen-bond acceptors (Lipinski definition) is 3. The van der Waals surface area contributed by atoms with Crippen LogP contribution in [0.4, 0.5) is 13.2 Å². The molecule has 0 aliphatic carbocycles. The minimum absolute atomic E-state index is 0.0973. The Morgan fingerprint density at radius 3 is 2.09 bits per heavy atom.